The van der Waals surface area contributed by atoms with Gasteiger partial charge in [-0.2, -0.15) is 13.2 Å². The Morgan fingerprint density at radius 1 is 1.13 bits per heavy atom. The molecule has 2 aromatic carbocycles. The van der Waals surface area contributed by atoms with E-state index in [0.717, 1.165) is 17.0 Å². The van der Waals surface area contributed by atoms with Crippen LogP contribution in [0.4, 0.5) is 28.0 Å². The molecule has 1 aliphatic carbocycles. The summed E-state index contributed by atoms with van der Waals surface area (Å²) in [5, 5.41) is 15.7. The molecule has 0 radical (unpaired) electrons. The maximum Gasteiger partial charge on any atom is 0.408 e. The number of urea groups is 1. The van der Waals surface area contributed by atoms with Crippen molar-refractivity contribution in [2.45, 2.75) is 56.5 Å². The fourth-order valence-electron chi connectivity index (χ4n) is 5.59. The summed E-state index contributed by atoms with van der Waals surface area (Å²) in [5.41, 5.74) is 0.763. The number of carbonyl (C=O) groups excluding carboxylic acids is 3. The number of ether oxygens (including phenoxy) is 1. The van der Waals surface area contributed by atoms with Crippen LogP contribution in [0.2, 0.25) is 0 Å². The molecule has 2 aromatic rings. The number of fused-ring (bicyclic) bond motifs is 3. The number of amides is 4. The summed E-state index contributed by atoms with van der Waals surface area (Å²) in [7, 11) is 1.46. The van der Waals surface area contributed by atoms with Crippen molar-refractivity contribution >= 4 is 23.5 Å². The molecule has 2 aliphatic heterocycles. The molecule has 1 fully saturated rings. The van der Waals surface area contributed by atoms with Gasteiger partial charge < -0.3 is 25.4 Å². The molecule has 0 saturated carbocycles. The summed E-state index contributed by atoms with van der Waals surface area (Å²) >= 11 is 0. The number of hydrogen-bond donors (Lipinski definition) is 3. The molecule has 1 unspecified atom stereocenters. The lowest BCUT2D eigenvalue weighted by Gasteiger charge is -2.33. The van der Waals surface area contributed by atoms with E-state index in [1.165, 1.54) is 13.1 Å². The molecule has 3 atom stereocenters. The molecule has 2 heterocycles. The van der Waals surface area contributed by atoms with Crippen LogP contribution in [0.15, 0.2) is 36.4 Å². The number of anilines is 1. The number of aliphatic hydroxyl groups excluding tert-OH is 1. The van der Waals surface area contributed by atoms with E-state index in [0.29, 0.717) is 39.3 Å². The van der Waals surface area contributed by atoms with Crippen molar-refractivity contribution in [3.8, 4) is 0 Å². The number of aryl methyl sites for hydroxylation is 2. The lowest BCUT2D eigenvalue weighted by molar-refractivity contribution is -0.197. The van der Waals surface area contributed by atoms with Crippen LogP contribution in [0.5, 0.6) is 0 Å². The second kappa shape index (κ2) is 9.79. The van der Waals surface area contributed by atoms with Gasteiger partial charge in [0.1, 0.15) is 18.4 Å². The van der Waals surface area contributed by atoms with Crippen LogP contribution in [0, 0.1) is 5.82 Å². The van der Waals surface area contributed by atoms with Gasteiger partial charge in [-0.3, -0.25) is 14.5 Å². The minimum atomic E-state index is -4.76. The molecular formula is C26H26F4N4O5. The first-order chi connectivity index (χ1) is 18.4. The molecule has 1 saturated heterocycles. The van der Waals surface area contributed by atoms with Gasteiger partial charge in [0.25, 0.3) is 5.91 Å². The first-order valence-corrected chi connectivity index (χ1v) is 12.4. The van der Waals surface area contributed by atoms with E-state index >= 15 is 0 Å². The summed E-state index contributed by atoms with van der Waals surface area (Å²) in [6.07, 6.45) is -6.65. The largest absolute Gasteiger partial charge is 0.408 e. The number of hydrogen-bond acceptors (Lipinski definition) is 5. The topological polar surface area (TPSA) is 111 Å². The van der Waals surface area contributed by atoms with Crippen molar-refractivity contribution in [1.29, 1.82) is 0 Å². The minimum Gasteiger partial charge on any atom is -0.351 e. The fourth-order valence-corrected chi connectivity index (χ4v) is 5.59. The van der Waals surface area contributed by atoms with Gasteiger partial charge in [-0.15, -0.1) is 0 Å². The number of aliphatic hydroxyl groups is 1. The molecule has 5 rings (SSSR count). The molecule has 3 N–H and O–H groups in total. The van der Waals surface area contributed by atoms with Crippen LogP contribution in [0.1, 0.15) is 35.1 Å². The molecular weight excluding hydrogens is 524 g/mol. The van der Waals surface area contributed by atoms with Crippen molar-refractivity contribution in [2.24, 2.45) is 0 Å². The predicted octanol–water partition coefficient (Wildman–Crippen LogP) is 2.76. The lowest BCUT2D eigenvalue weighted by atomic mass is 9.94. The van der Waals surface area contributed by atoms with E-state index < -0.39 is 67.4 Å². The Hall–Kier alpha value is -3.71. The fraction of sp³-hybridized carbons (Fsp3) is 0.423. The monoisotopic (exact) mass is 550 g/mol. The summed E-state index contributed by atoms with van der Waals surface area (Å²) < 4.78 is 61.4. The Kier molecular flexibility index (Phi) is 6.75. The molecule has 9 nitrogen and oxygen atoms in total. The molecule has 208 valence electrons. The maximum absolute atomic E-state index is 14.0. The summed E-state index contributed by atoms with van der Waals surface area (Å²) in [6, 6.07) is 5.85. The number of halogens is 4. The Bertz CT molecular complexity index is 1340. The Morgan fingerprint density at radius 2 is 1.90 bits per heavy atom. The van der Waals surface area contributed by atoms with E-state index in [4.69, 9.17) is 4.74 Å². The predicted molar refractivity (Wildman–Crippen MR) is 128 cm³/mol. The first-order valence-electron chi connectivity index (χ1n) is 12.4. The molecule has 0 bridgehead atoms. The van der Waals surface area contributed by atoms with Crippen molar-refractivity contribution in [3.63, 3.8) is 0 Å². The number of carbonyl (C=O) groups is 3. The van der Waals surface area contributed by atoms with Crippen LogP contribution < -0.4 is 10.6 Å². The van der Waals surface area contributed by atoms with Crippen LogP contribution in [-0.2, 0) is 39.3 Å². The molecule has 4 amide bonds. The van der Waals surface area contributed by atoms with E-state index in [9.17, 15) is 37.1 Å². The van der Waals surface area contributed by atoms with E-state index in [-0.39, 0.29) is 12.8 Å². The maximum atomic E-state index is 14.0. The summed E-state index contributed by atoms with van der Waals surface area (Å²) in [4.78, 5) is 39.8. The second-order valence-corrected chi connectivity index (χ2v) is 9.81. The minimum absolute atomic E-state index is 0.0773. The third kappa shape index (κ3) is 4.80. The van der Waals surface area contributed by atoms with E-state index in [1.807, 2.05) is 0 Å². The molecule has 1 spiro atoms. The highest BCUT2D eigenvalue weighted by Gasteiger charge is 2.57. The van der Waals surface area contributed by atoms with Crippen molar-refractivity contribution in [1.82, 2.24) is 15.1 Å². The van der Waals surface area contributed by atoms with Gasteiger partial charge >= 0.3 is 12.2 Å². The van der Waals surface area contributed by atoms with E-state index in [1.54, 1.807) is 18.2 Å². The van der Waals surface area contributed by atoms with Gasteiger partial charge in [0.15, 0.2) is 5.60 Å². The SMILES string of the molecule is CNC(=O)Nc1ccc2c(c1)CC[C@@]21OC(O)N(CC(=O)N2Cc3ccc(F)cc3CC[C@@H]2C(F)(F)F)C1=O. The summed E-state index contributed by atoms with van der Waals surface area (Å²) in [5.74, 6) is -2.35. The Labute approximate surface area is 220 Å². The highest BCUT2D eigenvalue weighted by atomic mass is 19.4. The third-order valence-corrected chi connectivity index (χ3v) is 7.53. The molecule has 39 heavy (non-hydrogen) atoms. The van der Waals surface area contributed by atoms with Gasteiger partial charge in [-0.05, 0) is 72.2 Å². The molecule has 3 aliphatic rings. The van der Waals surface area contributed by atoms with Gasteiger partial charge in [-0.1, -0.05) is 12.1 Å². The van der Waals surface area contributed by atoms with Crippen molar-refractivity contribution in [3.05, 3.63) is 64.5 Å². The van der Waals surface area contributed by atoms with Crippen LogP contribution in [0.25, 0.3) is 0 Å². The van der Waals surface area contributed by atoms with E-state index in [2.05, 4.69) is 10.6 Å². The normalized spacial score (nSPS) is 24.4. The van der Waals surface area contributed by atoms with Gasteiger partial charge in [0, 0.05) is 19.3 Å². The van der Waals surface area contributed by atoms with Crippen molar-refractivity contribution in [2.75, 3.05) is 18.9 Å². The average molecular weight is 551 g/mol. The van der Waals surface area contributed by atoms with Crippen LogP contribution in [-0.4, -0.2) is 65.0 Å². The zero-order valence-electron chi connectivity index (χ0n) is 20.8. The Balaban J connectivity index is 1.38. The zero-order chi connectivity index (χ0) is 28.1. The molecule has 0 aromatic heterocycles. The Morgan fingerprint density at radius 3 is 2.62 bits per heavy atom. The first kappa shape index (κ1) is 26.9. The van der Waals surface area contributed by atoms with Crippen LogP contribution >= 0.6 is 0 Å². The van der Waals surface area contributed by atoms with Crippen molar-refractivity contribution < 1.29 is 41.8 Å². The number of benzene rings is 2. The van der Waals surface area contributed by atoms with Crippen LogP contribution in [0.3, 0.4) is 0 Å². The van der Waals surface area contributed by atoms with Gasteiger partial charge in [-0.25, -0.2) is 9.18 Å². The quantitative estimate of drug-likeness (QED) is 0.509. The summed E-state index contributed by atoms with van der Waals surface area (Å²) in [6.45, 7) is -1.26. The van der Waals surface area contributed by atoms with Gasteiger partial charge in [0.05, 0.1) is 0 Å². The average Bonchev–Trinajstić information content (AvgIpc) is 3.25. The molecule has 13 heteroatoms. The zero-order valence-corrected chi connectivity index (χ0v) is 20.8. The highest BCUT2D eigenvalue weighted by Crippen LogP contribution is 2.47. The standard InChI is InChI=1S/C26H26F4N4O5/c1-31-23(37)32-18-5-6-19-15(11-18)8-9-25(19)22(36)34(24(38)39-25)13-21(35)33-12-16-2-4-17(27)10-14(16)3-7-20(33)26(28,29)30/h2,4-6,10-11,20,24,38H,3,7-9,12-13H2,1H3,(H2,31,32,37)/t20-,24?,25-/m1/s1. The van der Waals surface area contributed by atoms with Gasteiger partial charge in [0.2, 0.25) is 12.3 Å². The number of alkyl halides is 3. The number of nitrogens with one attached hydrogen (secondary N) is 2. The second-order valence-electron chi connectivity index (χ2n) is 9.81. The highest BCUT2D eigenvalue weighted by molar-refractivity contribution is 5.94. The number of rotatable bonds is 3. The number of nitrogens with zero attached hydrogens (tertiary/aromatic N) is 2. The smallest absolute Gasteiger partial charge is 0.351 e. The third-order valence-electron chi connectivity index (χ3n) is 7.53. The lowest BCUT2D eigenvalue weighted by Crippen LogP contribution is -2.52.